The highest BCUT2D eigenvalue weighted by Crippen LogP contribution is 2.57. The number of amides is 2. The summed E-state index contributed by atoms with van der Waals surface area (Å²) < 4.78 is 6.36. The molecule has 0 radical (unpaired) electrons. The van der Waals surface area contributed by atoms with Crippen LogP contribution >= 0.6 is 11.6 Å². The highest BCUT2D eigenvalue weighted by atomic mass is 35.5. The second-order valence-corrected chi connectivity index (χ2v) is 8.99. The van der Waals surface area contributed by atoms with E-state index in [0.717, 1.165) is 11.1 Å². The van der Waals surface area contributed by atoms with E-state index in [1.54, 1.807) is 12.1 Å². The van der Waals surface area contributed by atoms with Crippen molar-refractivity contribution in [3.63, 3.8) is 0 Å². The number of carbonyl (C=O) groups excluding carboxylic acids is 2. The third-order valence-electron chi connectivity index (χ3n) is 6.48. The Morgan fingerprint density at radius 2 is 1.87 bits per heavy atom. The molecule has 0 unspecified atom stereocenters. The lowest BCUT2D eigenvalue weighted by atomic mass is 9.72. The number of benzene rings is 2. The monoisotopic (exact) mass is 422 g/mol. The fourth-order valence-electron chi connectivity index (χ4n) is 5.09. The molecular formula is C24H23ClN2O3. The van der Waals surface area contributed by atoms with Gasteiger partial charge in [-0.25, -0.2) is 0 Å². The topological polar surface area (TPSA) is 58.6 Å². The SMILES string of the molecule is C[C@]12C=C[C@@]3(CN(Cc4ccccc4)C(=O)[C@@H]3[C@@H]1C(=O)NCc1ccc(Cl)cc1)O2. The predicted octanol–water partition coefficient (Wildman–Crippen LogP) is 3.33. The van der Waals surface area contributed by atoms with Crippen LogP contribution in [0.3, 0.4) is 0 Å². The summed E-state index contributed by atoms with van der Waals surface area (Å²) >= 11 is 5.93. The zero-order chi connectivity index (χ0) is 20.9. The fourth-order valence-corrected chi connectivity index (χ4v) is 5.22. The van der Waals surface area contributed by atoms with E-state index in [9.17, 15) is 9.59 Å². The number of nitrogens with one attached hydrogen (secondary N) is 1. The van der Waals surface area contributed by atoms with Crippen LogP contribution in [0, 0.1) is 11.8 Å². The Morgan fingerprint density at radius 1 is 1.13 bits per heavy atom. The van der Waals surface area contributed by atoms with Gasteiger partial charge in [-0.1, -0.05) is 66.2 Å². The third-order valence-corrected chi connectivity index (χ3v) is 6.73. The van der Waals surface area contributed by atoms with Crippen molar-refractivity contribution in [3.8, 4) is 0 Å². The molecule has 0 aliphatic carbocycles. The Kier molecular flexibility index (Phi) is 4.49. The van der Waals surface area contributed by atoms with E-state index < -0.39 is 23.0 Å². The Balaban J connectivity index is 1.35. The summed E-state index contributed by atoms with van der Waals surface area (Å²) in [6.07, 6.45) is 3.94. The van der Waals surface area contributed by atoms with Gasteiger partial charge >= 0.3 is 0 Å². The van der Waals surface area contributed by atoms with Gasteiger partial charge in [0.05, 0.1) is 24.0 Å². The van der Waals surface area contributed by atoms with Crippen molar-refractivity contribution in [2.75, 3.05) is 6.54 Å². The number of likely N-dealkylation sites (tertiary alicyclic amines) is 1. The molecular weight excluding hydrogens is 400 g/mol. The summed E-state index contributed by atoms with van der Waals surface area (Å²) in [6, 6.07) is 17.2. The summed E-state index contributed by atoms with van der Waals surface area (Å²) in [4.78, 5) is 28.4. The molecule has 3 heterocycles. The lowest BCUT2D eigenvalue weighted by Gasteiger charge is -2.29. The second kappa shape index (κ2) is 6.96. The average molecular weight is 423 g/mol. The Labute approximate surface area is 180 Å². The number of nitrogens with zero attached hydrogens (tertiary/aromatic N) is 1. The number of fused-ring (bicyclic) bond motifs is 1. The summed E-state index contributed by atoms with van der Waals surface area (Å²) in [5.74, 6) is -1.22. The molecule has 0 aromatic heterocycles. The molecule has 2 aromatic rings. The van der Waals surface area contributed by atoms with Crippen molar-refractivity contribution in [2.24, 2.45) is 11.8 Å². The molecule has 4 atom stereocenters. The Bertz CT molecular complexity index is 1020. The molecule has 3 aliphatic rings. The van der Waals surface area contributed by atoms with E-state index in [-0.39, 0.29) is 11.8 Å². The zero-order valence-corrected chi connectivity index (χ0v) is 17.4. The van der Waals surface area contributed by atoms with E-state index in [0.29, 0.717) is 24.7 Å². The number of carbonyl (C=O) groups is 2. The molecule has 5 nitrogen and oxygen atoms in total. The van der Waals surface area contributed by atoms with Crippen LogP contribution in [0.25, 0.3) is 0 Å². The summed E-state index contributed by atoms with van der Waals surface area (Å²) in [5, 5.41) is 3.65. The van der Waals surface area contributed by atoms with Crippen molar-refractivity contribution >= 4 is 23.4 Å². The van der Waals surface area contributed by atoms with Gasteiger partial charge in [-0.2, -0.15) is 0 Å². The molecule has 0 saturated carbocycles. The number of rotatable bonds is 5. The minimum absolute atomic E-state index is 0.0152. The molecule has 1 spiro atoms. The van der Waals surface area contributed by atoms with E-state index in [2.05, 4.69) is 5.32 Å². The summed E-state index contributed by atoms with van der Waals surface area (Å²) in [5.41, 5.74) is 0.540. The number of ether oxygens (including phenoxy) is 1. The van der Waals surface area contributed by atoms with Crippen LogP contribution in [0.5, 0.6) is 0 Å². The summed E-state index contributed by atoms with van der Waals surface area (Å²) in [6.45, 7) is 3.27. The highest BCUT2D eigenvalue weighted by molar-refractivity contribution is 6.30. The maximum absolute atomic E-state index is 13.4. The molecule has 1 N–H and O–H groups in total. The molecule has 2 fully saturated rings. The second-order valence-electron chi connectivity index (χ2n) is 8.55. The van der Waals surface area contributed by atoms with Crippen LogP contribution in [-0.4, -0.2) is 34.5 Å². The van der Waals surface area contributed by atoms with Gasteiger partial charge in [0.1, 0.15) is 5.60 Å². The first-order chi connectivity index (χ1) is 14.4. The molecule has 6 heteroatoms. The first kappa shape index (κ1) is 19.3. The van der Waals surface area contributed by atoms with E-state index >= 15 is 0 Å². The standard InChI is InChI=1S/C24H23ClN2O3/c1-23-11-12-24(30-23)15-27(14-17-5-3-2-4-6-17)22(29)20(24)19(23)21(28)26-13-16-7-9-18(25)10-8-16/h2-12,19-20H,13-15H2,1H3,(H,26,28)/t19-,20+,23+,24+/m1/s1. The Morgan fingerprint density at radius 3 is 2.60 bits per heavy atom. The van der Waals surface area contributed by atoms with Crippen molar-refractivity contribution < 1.29 is 14.3 Å². The molecule has 2 saturated heterocycles. The average Bonchev–Trinajstić information content (AvgIpc) is 3.30. The molecule has 2 bridgehead atoms. The quantitative estimate of drug-likeness (QED) is 0.752. The van der Waals surface area contributed by atoms with E-state index in [1.165, 1.54) is 0 Å². The predicted molar refractivity (Wildman–Crippen MR) is 113 cm³/mol. The van der Waals surface area contributed by atoms with Gasteiger partial charge in [0, 0.05) is 18.1 Å². The highest BCUT2D eigenvalue weighted by Gasteiger charge is 2.71. The molecule has 2 aromatic carbocycles. The van der Waals surface area contributed by atoms with Gasteiger partial charge in [0.25, 0.3) is 0 Å². The first-order valence-electron chi connectivity index (χ1n) is 10.2. The van der Waals surface area contributed by atoms with Gasteiger partial charge in [0.15, 0.2) is 0 Å². The smallest absolute Gasteiger partial charge is 0.230 e. The third kappa shape index (κ3) is 3.04. The van der Waals surface area contributed by atoms with Crippen molar-refractivity contribution in [3.05, 3.63) is 82.9 Å². The number of hydrogen-bond acceptors (Lipinski definition) is 3. The van der Waals surface area contributed by atoms with Crippen LogP contribution in [0.1, 0.15) is 18.1 Å². The molecule has 5 rings (SSSR count). The van der Waals surface area contributed by atoms with Gasteiger partial charge < -0.3 is 15.0 Å². The maximum atomic E-state index is 13.4. The number of hydrogen-bond donors (Lipinski definition) is 1. The minimum Gasteiger partial charge on any atom is -0.357 e. The fraction of sp³-hybridized carbons (Fsp3) is 0.333. The van der Waals surface area contributed by atoms with Gasteiger partial charge in [-0.3, -0.25) is 9.59 Å². The van der Waals surface area contributed by atoms with Gasteiger partial charge in [0.2, 0.25) is 11.8 Å². The zero-order valence-electron chi connectivity index (χ0n) is 16.7. The van der Waals surface area contributed by atoms with E-state index in [4.69, 9.17) is 16.3 Å². The van der Waals surface area contributed by atoms with Crippen LogP contribution in [-0.2, 0) is 27.4 Å². The molecule has 30 heavy (non-hydrogen) atoms. The van der Waals surface area contributed by atoms with Crippen LogP contribution in [0.15, 0.2) is 66.7 Å². The number of halogens is 1. The first-order valence-corrected chi connectivity index (χ1v) is 10.5. The van der Waals surface area contributed by atoms with Crippen LogP contribution in [0.4, 0.5) is 0 Å². The van der Waals surface area contributed by atoms with Crippen LogP contribution in [0.2, 0.25) is 5.02 Å². The molecule has 3 aliphatic heterocycles. The lowest BCUT2D eigenvalue weighted by molar-refractivity contribution is -0.139. The van der Waals surface area contributed by atoms with Crippen molar-refractivity contribution in [1.82, 2.24) is 10.2 Å². The van der Waals surface area contributed by atoms with Crippen molar-refractivity contribution in [2.45, 2.75) is 31.2 Å². The summed E-state index contributed by atoms with van der Waals surface area (Å²) in [7, 11) is 0. The normalized spacial score (nSPS) is 31.3. The lowest BCUT2D eigenvalue weighted by Crippen LogP contribution is -2.47. The molecule has 154 valence electrons. The maximum Gasteiger partial charge on any atom is 0.230 e. The largest absolute Gasteiger partial charge is 0.357 e. The molecule has 2 amide bonds. The van der Waals surface area contributed by atoms with Crippen molar-refractivity contribution in [1.29, 1.82) is 0 Å². The van der Waals surface area contributed by atoms with Gasteiger partial charge in [-0.15, -0.1) is 0 Å². The van der Waals surface area contributed by atoms with Crippen LogP contribution < -0.4 is 5.32 Å². The van der Waals surface area contributed by atoms with E-state index in [1.807, 2.05) is 66.4 Å². The Hall–Kier alpha value is -2.63. The minimum atomic E-state index is -0.761. The van der Waals surface area contributed by atoms with Gasteiger partial charge in [-0.05, 0) is 30.2 Å².